The first-order valence-corrected chi connectivity index (χ1v) is 9.71. The van der Waals surface area contributed by atoms with Gasteiger partial charge in [0, 0.05) is 15.6 Å². The van der Waals surface area contributed by atoms with Gasteiger partial charge in [0.15, 0.2) is 11.5 Å². The largest absolute Gasteiger partial charge is 0.493 e. The van der Waals surface area contributed by atoms with Gasteiger partial charge < -0.3 is 19.5 Å². The number of hydrogen-bond donors (Lipinski definition) is 1. The summed E-state index contributed by atoms with van der Waals surface area (Å²) in [6, 6.07) is 10.2. The van der Waals surface area contributed by atoms with Crippen molar-refractivity contribution < 1.29 is 23.8 Å². The molecule has 6 nitrogen and oxygen atoms in total. The molecule has 0 aliphatic rings. The molecule has 29 heavy (non-hydrogen) atoms. The molecule has 0 saturated heterocycles. The Kier molecular flexibility index (Phi) is 8.27. The fourth-order valence-electron chi connectivity index (χ4n) is 2.95. The molecule has 1 N–H and O–H groups in total. The maximum Gasteiger partial charge on any atom is 0.307 e. The third kappa shape index (κ3) is 5.84. The minimum atomic E-state index is -0.552. The lowest BCUT2D eigenvalue weighted by Gasteiger charge is -2.20. The van der Waals surface area contributed by atoms with Gasteiger partial charge in [-0.2, -0.15) is 0 Å². The number of esters is 1. The average Bonchev–Trinajstić information content (AvgIpc) is 2.72. The Labute approximate surface area is 179 Å². The molecular formula is C22H24BrNO5. The number of allylic oxidation sites excluding steroid dienone is 1. The predicted octanol–water partition coefficient (Wildman–Crippen LogP) is 4.23. The van der Waals surface area contributed by atoms with Gasteiger partial charge in [0.05, 0.1) is 33.8 Å². The fourth-order valence-corrected chi connectivity index (χ4v) is 3.37. The molecule has 0 heterocycles. The molecule has 0 spiro atoms. The number of ether oxygens (including phenoxy) is 3. The maximum absolute atomic E-state index is 13.0. The van der Waals surface area contributed by atoms with Crippen LogP contribution in [0.3, 0.4) is 0 Å². The Hall–Kier alpha value is -2.80. The second kappa shape index (κ2) is 10.7. The third-order valence-corrected chi connectivity index (χ3v) is 4.83. The second-order valence-corrected chi connectivity index (χ2v) is 7.14. The number of hydrogen-bond acceptors (Lipinski definition) is 5. The van der Waals surface area contributed by atoms with Gasteiger partial charge in [0.1, 0.15) is 0 Å². The maximum atomic E-state index is 13.0. The van der Waals surface area contributed by atoms with E-state index < -0.39 is 12.0 Å². The molecule has 0 fully saturated rings. The van der Waals surface area contributed by atoms with E-state index in [-0.39, 0.29) is 12.3 Å². The van der Waals surface area contributed by atoms with Crippen LogP contribution in [0.5, 0.6) is 11.5 Å². The second-order valence-electron chi connectivity index (χ2n) is 6.22. The first-order chi connectivity index (χ1) is 13.9. The van der Waals surface area contributed by atoms with E-state index in [9.17, 15) is 9.59 Å². The summed E-state index contributed by atoms with van der Waals surface area (Å²) in [5.74, 6) is 0.242. The topological polar surface area (TPSA) is 73.9 Å². The SMILES string of the molecule is C=CCc1cc(C(=O)NC(CC(=O)OC)c2cccc(Br)c2)cc(OC)c1OC. The number of halogens is 1. The first-order valence-electron chi connectivity index (χ1n) is 8.92. The Morgan fingerprint density at radius 2 is 1.93 bits per heavy atom. The van der Waals surface area contributed by atoms with Crippen LogP contribution in [-0.4, -0.2) is 33.2 Å². The number of rotatable bonds is 9. The van der Waals surface area contributed by atoms with E-state index >= 15 is 0 Å². The summed E-state index contributed by atoms with van der Waals surface area (Å²) < 4.78 is 16.4. The van der Waals surface area contributed by atoms with Crippen LogP contribution in [0.4, 0.5) is 0 Å². The third-order valence-electron chi connectivity index (χ3n) is 4.34. The summed E-state index contributed by atoms with van der Waals surface area (Å²) in [6.45, 7) is 3.75. The van der Waals surface area contributed by atoms with Crippen LogP contribution in [0.15, 0.2) is 53.5 Å². The lowest BCUT2D eigenvalue weighted by atomic mass is 10.0. The van der Waals surface area contributed by atoms with Crippen molar-refractivity contribution in [3.63, 3.8) is 0 Å². The molecule has 0 aromatic heterocycles. The number of carbonyl (C=O) groups excluding carboxylic acids is 2. The molecule has 0 aliphatic heterocycles. The zero-order valence-electron chi connectivity index (χ0n) is 16.7. The highest BCUT2D eigenvalue weighted by atomic mass is 79.9. The van der Waals surface area contributed by atoms with E-state index in [0.717, 1.165) is 15.6 Å². The van der Waals surface area contributed by atoms with E-state index in [1.807, 2.05) is 24.3 Å². The standard InChI is InChI=1S/C22H24BrNO5/c1-5-7-15-10-16(12-19(27-2)21(15)29-4)22(26)24-18(13-20(25)28-3)14-8-6-9-17(23)11-14/h5-6,8-12,18H,1,7,13H2,2-4H3,(H,24,26). The van der Waals surface area contributed by atoms with Crippen LogP contribution in [0.1, 0.15) is 33.9 Å². The molecule has 1 amide bonds. The molecule has 0 radical (unpaired) electrons. The summed E-state index contributed by atoms with van der Waals surface area (Å²) in [4.78, 5) is 24.9. The van der Waals surface area contributed by atoms with Gasteiger partial charge >= 0.3 is 5.97 Å². The summed E-state index contributed by atoms with van der Waals surface area (Å²) in [5, 5.41) is 2.92. The van der Waals surface area contributed by atoms with Crippen molar-refractivity contribution in [3.05, 3.63) is 70.2 Å². The summed E-state index contributed by atoms with van der Waals surface area (Å²) in [7, 11) is 4.38. The zero-order valence-corrected chi connectivity index (χ0v) is 18.2. The van der Waals surface area contributed by atoms with Crippen molar-refractivity contribution in [2.45, 2.75) is 18.9 Å². The molecular weight excluding hydrogens is 438 g/mol. The van der Waals surface area contributed by atoms with E-state index in [1.165, 1.54) is 14.2 Å². The highest BCUT2D eigenvalue weighted by molar-refractivity contribution is 9.10. The van der Waals surface area contributed by atoms with Gasteiger partial charge in [-0.25, -0.2) is 0 Å². The van der Waals surface area contributed by atoms with Crippen molar-refractivity contribution >= 4 is 27.8 Å². The van der Waals surface area contributed by atoms with Crippen molar-refractivity contribution in [2.75, 3.05) is 21.3 Å². The lowest BCUT2D eigenvalue weighted by molar-refractivity contribution is -0.141. The zero-order chi connectivity index (χ0) is 21.4. The molecule has 1 atom stereocenters. The van der Waals surface area contributed by atoms with Crippen LogP contribution in [0.2, 0.25) is 0 Å². The van der Waals surface area contributed by atoms with Crippen LogP contribution in [-0.2, 0) is 16.0 Å². The Bertz CT molecular complexity index is 897. The minimum absolute atomic E-state index is 0.00545. The highest BCUT2D eigenvalue weighted by Crippen LogP contribution is 2.33. The number of amides is 1. The average molecular weight is 462 g/mol. The summed E-state index contributed by atoms with van der Waals surface area (Å²) in [5.41, 5.74) is 1.95. The van der Waals surface area contributed by atoms with Gasteiger partial charge in [-0.1, -0.05) is 34.1 Å². The van der Waals surface area contributed by atoms with Crippen LogP contribution < -0.4 is 14.8 Å². The smallest absolute Gasteiger partial charge is 0.307 e. The monoisotopic (exact) mass is 461 g/mol. The van der Waals surface area contributed by atoms with Gasteiger partial charge in [0.25, 0.3) is 5.91 Å². The van der Waals surface area contributed by atoms with Crippen LogP contribution in [0.25, 0.3) is 0 Å². The van der Waals surface area contributed by atoms with Gasteiger partial charge in [0.2, 0.25) is 0 Å². The van der Waals surface area contributed by atoms with E-state index in [2.05, 4.69) is 27.8 Å². The molecule has 0 saturated carbocycles. The Morgan fingerprint density at radius 3 is 2.52 bits per heavy atom. The number of nitrogens with one attached hydrogen (secondary N) is 1. The molecule has 1 unspecified atom stereocenters. The number of carbonyl (C=O) groups is 2. The van der Waals surface area contributed by atoms with Crippen molar-refractivity contribution in [3.8, 4) is 11.5 Å². The van der Waals surface area contributed by atoms with Crippen molar-refractivity contribution in [1.29, 1.82) is 0 Å². The van der Waals surface area contributed by atoms with Crippen molar-refractivity contribution in [1.82, 2.24) is 5.32 Å². The van der Waals surface area contributed by atoms with Gasteiger partial charge in [-0.05, 0) is 36.2 Å². The quantitative estimate of drug-likeness (QED) is 0.446. The molecule has 7 heteroatoms. The summed E-state index contributed by atoms with van der Waals surface area (Å²) in [6.07, 6.45) is 2.24. The predicted molar refractivity (Wildman–Crippen MR) is 114 cm³/mol. The minimum Gasteiger partial charge on any atom is -0.493 e. The Morgan fingerprint density at radius 1 is 1.17 bits per heavy atom. The summed E-state index contributed by atoms with van der Waals surface area (Å²) >= 11 is 3.42. The van der Waals surface area contributed by atoms with Crippen LogP contribution >= 0.6 is 15.9 Å². The molecule has 2 aromatic rings. The normalized spacial score (nSPS) is 11.3. The fraction of sp³-hybridized carbons (Fsp3) is 0.273. The first kappa shape index (κ1) is 22.5. The molecule has 0 aliphatic carbocycles. The van der Waals surface area contributed by atoms with E-state index in [4.69, 9.17) is 14.2 Å². The van der Waals surface area contributed by atoms with E-state index in [0.29, 0.717) is 23.5 Å². The number of methoxy groups -OCH3 is 3. The molecule has 154 valence electrons. The van der Waals surface area contributed by atoms with Crippen LogP contribution in [0, 0.1) is 0 Å². The highest BCUT2D eigenvalue weighted by Gasteiger charge is 2.22. The molecule has 2 rings (SSSR count). The molecule has 2 aromatic carbocycles. The van der Waals surface area contributed by atoms with Gasteiger partial charge in [-0.15, -0.1) is 6.58 Å². The lowest BCUT2D eigenvalue weighted by Crippen LogP contribution is -2.30. The van der Waals surface area contributed by atoms with Crippen molar-refractivity contribution in [2.24, 2.45) is 0 Å². The molecule has 0 bridgehead atoms. The Balaban J connectivity index is 2.38. The number of benzene rings is 2. The van der Waals surface area contributed by atoms with E-state index in [1.54, 1.807) is 25.3 Å². The van der Waals surface area contributed by atoms with Gasteiger partial charge in [-0.3, -0.25) is 9.59 Å².